The van der Waals surface area contributed by atoms with Crippen LogP contribution >= 0.6 is 34.2 Å². The zero-order valence-corrected chi connectivity index (χ0v) is 15.4. The van der Waals surface area contributed by atoms with Gasteiger partial charge in [-0.3, -0.25) is 9.69 Å². The van der Waals surface area contributed by atoms with E-state index in [-0.39, 0.29) is 5.91 Å². The SMILES string of the molecule is CC1CCCN(C(C)CNC(=O)c2ccc(Cl)cc2I)C1. The summed E-state index contributed by atoms with van der Waals surface area (Å²) in [5, 5.41) is 3.70. The minimum Gasteiger partial charge on any atom is -0.350 e. The second-order valence-corrected chi connectivity index (χ2v) is 7.52. The molecule has 1 aromatic carbocycles. The van der Waals surface area contributed by atoms with Gasteiger partial charge < -0.3 is 5.32 Å². The first-order valence-electron chi connectivity index (χ1n) is 7.44. The van der Waals surface area contributed by atoms with Crippen LogP contribution in [0.2, 0.25) is 5.02 Å². The van der Waals surface area contributed by atoms with Crippen molar-refractivity contribution in [3.8, 4) is 0 Å². The summed E-state index contributed by atoms with van der Waals surface area (Å²) < 4.78 is 0.886. The van der Waals surface area contributed by atoms with Crippen LogP contribution in [0.3, 0.4) is 0 Å². The standard InChI is InChI=1S/C16H22ClIN2O/c1-11-4-3-7-20(10-11)12(2)9-19-16(21)14-6-5-13(17)8-15(14)18/h5-6,8,11-12H,3-4,7,9-10H2,1-2H3,(H,19,21). The Labute approximate surface area is 145 Å². The van der Waals surface area contributed by atoms with Crippen LogP contribution in [0, 0.1) is 9.49 Å². The molecule has 2 atom stereocenters. The summed E-state index contributed by atoms with van der Waals surface area (Å²) in [4.78, 5) is 14.7. The predicted octanol–water partition coefficient (Wildman–Crippen LogP) is 3.79. The molecule has 21 heavy (non-hydrogen) atoms. The molecular weight excluding hydrogens is 399 g/mol. The van der Waals surface area contributed by atoms with Gasteiger partial charge in [0.25, 0.3) is 5.91 Å². The molecule has 1 heterocycles. The largest absolute Gasteiger partial charge is 0.350 e. The number of nitrogens with one attached hydrogen (secondary N) is 1. The first-order chi connectivity index (χ1) is 9.97. The topological polar surface area (TPSA) is 32.3 Å². The summed E-state index contributed by atoms with van der Waals surface area (Å²) in [7, 11) is 0. The van der Waals surface area contributed by atoms with E-state index < -0.39 is 0 Å². The number of halogens is 2. The molecule has 116 valence electrons. The summed E-state index contributed by atoms with van der Waals surface area (Å²) in [6, 6.07) is 5.73. The fraction of sp³-hybridized carbons (Fsp3) is 0.562. The highest BCUT2D eigenvalue weighted by Crippen LogP contribution is 2.19. The summed E-state index contributed by atoms with van der Waals surface area (Å²) in [5.74, 6) is 0.738. The number of benzene rings is 1. The molecule has 0 saturated carbocycles. The van der Waals surface area contributed by atoms with Gasteiger partial charge in [-0.2, -0.15) is 0 Å². The number of hydrogen-bond acceptors (Lipinski definition) is 2. The fourth-order valence-electron chi connectivity index (χ4n) is 2.76. The second-order valence-electron chi connectivity index (χ2n) is 5.93. The molecule has 0 aliphatic carbocycles. The lowest BCUT2D eigenvalue weighted by atomic mass is 9.99. The Morgan fingerprint density at radius 2 is 2.33 bits per heavy atom. The first kappa shape index (κ1) is 17.0. The molecule has 2 unspecified atom stereocenters. The second kappa shape index (κ2) is 7.79. The number of rotatable bonds is 4. The van der Waals surface area contributed by atoms with E-state index in [2.05, 4.69) is 46.7 Å². The van der Waals surface area contributed by atoms with Crippen LogP contribution in [0.4, 0.5) is 0 Å². The Bertz CT molecular complexity index is 509. The zero-order chi connectivity index (χ0) is 15.4. The molecule has 3 nitrogen and oxygen atoms in total. The van der Waals surface area contributed by atoms with E-state index in [4.69, 9.17) is 11.6 Å². The van der Waals surface area contributed by atoms with Crippen molar-refractivity contribution in [2.45, 2.75) is 32.7 Å². The van der Waals surface area contributed by atoms with E-state index in [9.17, 15) is 4.79 Å². The van der Waals surface area contributed by atoms with Crippen LogP contribution in [0.1, 0.15) is 37.0 Å². The van der Waals surface area contributed by atoms with Gasteiger partial charge in [0, 0.05) is 27.7 Å². The minimum absolute atomic E-state index is 0.0204. The zero-order valence-electron chi connectivity index (χ0n) is 12.5. The summed E-state index contributed by atoms with van der Waals surface area (Å²) >= 11 is 8.07. The van der Waals surface area contributed by atoms with Gasteiger partial charge in [0.2, 0.25) is 0 Å². The van der Waals surface area contributed by atoms with Gasteiger partial charge in [0.05, 0.1) is 5.56 Å². The van der Waals surface area contributed by atoms with E-state index in [0.29, 0.717) is 23.2 Å². The number of hydrogen-bond donors (Lipinski definition) is 1. The van der Waals surface area contributed by atoms with Crippen LogP contribution in [0.15, 0.2) is 18.2 Å². The summed E-state index contributed by atoms with van der Waals surface area (Å²) in [6.45, 7) is 7.44. The van der Waals surface area contributed by atoms with E-state index in [1.165, 1.54) is 12.8 Å². The molecule has 0 bridgehead atoms. The maximum atomic E-state index is 12.3. The monoisotopic (exact) mass is 420 g/mol. The Balaban J connectivity index is 1.88. The lowest BCUT2D eigenvalue weighted by Gasteiger charge is -2.35. The summed E-state index contributed by atoms with van der Waals surface area (Å²) in [6.07, 6.45) is 2.58. The van der Waals surface area contributed by atoms with Gasteiger partial charge in [-0.15, -0.1) is 0 Å². The molecule has 0 radical (unpaired) electrons. The minimum atomic E-state index is -0.0204. The molecule has 1 saturated heterocycles. The highest BCUT2D eigenvalue weighted by molar-refractivity contribution is 14.1. The van der Waals surface area contributed by atoms with Gasteiger partial charge in [-0.05, 0) is 73.0 Å². The molecule has 1 amide bonds. The van der Waals surface area contributed by atoms with Gasteiger partial charge in [0.15, 0.2) is 0 Å². The van der Waals surface area contributed by atoms with Crippen LogP contribution < -0.4 is 5.32 Å². The third-order valence-corrected chi connectivity index (χ3v) is 5.17. The van der Waals surface area contributed by atoms with Gasteiger partial charge >= 0.3 is 0 Å². The number of carbonyl (C=O) groups excluding carboxylic acids is 1. The normalized spacial score (nSPS) is 21.0. The van der Waals surface area contributed by atoms with E-state index >= 15 is 0 Å². The smallest absolute Gasteiger partial charge is 0.252 e. The van der Waals surface area contributed by atoms with Crippen molar-refractivity contribution < 1.29 is 4.79 Å². The Morgan fingerprint density at radius 1 is 1.57 bits per heavy atom. The predicted molar refractivity (Wildman–Crippen MR) is 95.9 cm³/mol. The summed E-state index contributed by atoms with van der Waals surface area (Å²) in [5.41, 5.74) is 0.694. The average molecular weight is 421 g/mol. The Kier molecular flexibility index (Phi) is 6.32. The maximum Gasteiger partial charge on any atom is 0.252 e. The molecule has 1 N–H and O–H groups in total. The third-order valence-electron chi connectivity index (χ3n) is 4.05. The fourth-order valence-corrected chi connectivity index (χ4v) is 3.88. The lowest BCUT2D eigenvalue weighted by Crippen LogP contribution is -2.46. The van der Waals surface area contributed by atoms with E-state index in [1.54, 1.807) is 12.1 Å². The molecule has 1 fully saturated rings. The molecule has 0 spiro atoms. The lowest BCUT2D eigenvalue weighted by molar-refractivity contribution is 0.0916. The maximum absolute atomic E-state index is 12.3. The van der Waals surface area contributed by atoms with Crippen molar-refractivity contribution in [1.29, 1.82) is 0 Å². The molecule has 0 aromatic heterocycles. The number of piperidine rings is 1. The Morgan fingerprint density at radius 3 is 3.00 bits per heavy atom. The molecule has 1 aliphatic rings. The molecular formula is C16H22ClIN2O. The number of carbonyl (C=O) groups is 1. The van der Waals surface area contributed by atoms with Crippen LogP contribution in [0.5, 0.6) is 0 Å². The van der Waals surface area contributed by atoms with Crippen molar-refractivity contribution in [3.05, 3.63) is 32.4 Å². The third kappa shape index (κ3) is 4.83. The van der Waals surface area contributed by atoms with Crippen LogP contribution in [-0.2, 0) is 0 Å². The Hall–Kier alpha value is -0.330. The van der Waals surface area contributed by atoms with Crippen LogP contribution in [0.25, 0.3) is 0 Å². The van der Waals surface area contributed by atoms with E-state index in [0.717, 1.165) is 22.6 Å². The van der Waals surface area contributed by atoms with Gasteiger partial charge in [-0.1, -0.05) is 18.5 Å². The number of amides is 1. The first-order valence-corrected chi connectivity index (χ1v) is 8.90. The number of nitrogens with zero attached hydrogens (tertiary/aromatic N) is 1. The van der Waals surface area contributed by atoms with Crippen molar-refractivity contribution >= 4 is 40.1 Å². The quantitative estimate of drug-likeness (QED) is 0.752. The van der Waals surface area contributed by atoms with Gasteiger partial charge in [0.1, 0.15) is 0 Å². The molecule has 1 aromatic rings. The van der Waals surface area contributed by atoms with Crippen LogP contribution in [-0.4, -0.2) is 36.5 Å². The molecule has 5 heteroatoms. The highest BCUT2D eigenvalue weighted by atomic mass is 127. The van der Waals surface area contributed by atoms with Gasteiger partial charge in [-0.25, -0.2) is 0 Å². The van der Waals surface area contributed by atoms with Crippen molar-refractivity contribution in [2.24, 2.45) is 5.92 Å². The van der Waals surface area contributed by atoms with Crippen molar-refractivity contribution in [3.63, 3.8) is 0 Å². The number of likely N-dealkylation sites (tertiary alicyclic amines) is 1. The van der Waals surface area contributed by atoms with E-state index in [1.807, 2.05) is 6.07 Å². The average Bonchev–Trinajstić information content (AvgIpc) is 2.44. The van der Waals surface area contributed by atoms with Crippen molar-refractivity contribution in [1.82, 2.24) is 10.2 Å². The molecule has 1 aliphatic heterocycles. The van der Waals surface area contributed by atoms with Crippen molar-refractivity contribution in [2.75, 3.05) is 19.6 Å². The molecule has 2 rings (SSSR count). The highest BCUT2D eigenvalue weighted by Gasteiger charge is 2.21.